The molecule has 156 valence electrons. The topological polar surface area (TPSA) is 171 Å². The second-order valence-corrected chi connectivity index (χ2v) is 7.44. The molecule has 4 unspecified atom stereocenters. The van der Waals surface area contributed by atoms with Gasteiger partial charge in [0.25, 0.3) is 0 Å². The highest BCUT2D eigenvalue weighted by Crippen LogP contribution is 2.03. The van der Waals surface area contributed by atoms with E-state index in [4.69, 9.17) is 10.8 Å². The van der Waals surface area contributed by atoms with Crippen molar-refractivity contribution in [3.8, 4) is 0 Å². The zero-order valence-corrected chi connectivity index (χ0v) is 16.8. The molecule has 0 radical (unpaired) electrons. The van der Waals surface area contributed by atoms with Crippen LogP contribution in [0.5, 0.6) is 0 Å². The minimum absolute atomic E-state index is 0.113. The van der Waals surface area contributed by atoms with Gasteiger partial charge in [-0.2, -0.15) is 11.8 Å². The van der Waals surface area contributed by atoms with Crippen LogP contribution in [0, 0.1) is 5.92 Å². The molecule has 0 fully saturated rings. The third kappa shape index (κ3) is 9.59. The Hall–Kier alpha value is -1.85. The first-order valence-corrected chi connectivity index (χ1v) is 9.93. The molecule has 0 aromatic rings. The number of rotatable bonds is 12. The maximum Gasteiger partial charge on any atom is 0.326 e. The quantitative estimate of drug-likeness (QED) is 0.222. The highest BCUT2D eigenvalue weighted by molar-refractivity contribution is 7.98. The summed E-state index contributed by atoms with van der Waals surface area (Å²) in [6.45, 7) is 4.38. The fourth-order valence-corrected chi connectivity index (χ4v) is 2.44. The Labute approximate surface area is 163 Å². The molecule has 4 atom stereocenters. The van der Waals surface area contributed by atoms with E-state index in [0.717, 1.165) is 0 Å². The molecule has 3 amide bonds. The van der Waals surface area contributed by atoms with Crippen molar-refractivity contribution >= 4 is 35.5 Å². The van der Waals surface area contributed by atoms with E-state index in [2.05, 4.69) is 16.0 Å². The van der Waals surface area contributed by atoms with Crippen molar-refractivity contribution in [2.75, 3.05) is 18.6 Å². The number of aliphatic hydroxyl groups excluding tert-OH is 1. The van der Waals surface area contributed by atoms with Crippen LogP contribution in [0.2, 0.25) is 0 Å². The number of carbonyl (C=O) groups excluding carboxylic acids is 3. The maximum absolute atomic E-state index is 12.3. The van der Waals surface area contributed by atoms with Crippen molar-refractivity contribution in [3.63, 3.8) is 0 Å². The number of hydrogen-bond acceptors (Lipinski definition) is 7. The van der Waals surface area contributed by atoms with Crippen LogP contribution in [-0.2, 0) is 19.2 Å². The zero-order valence-electron chi connectivity index (χ0n) is 16.0. The van der Waals surface area contributed by atoms with Crippen LogP contribution in [0.25, 0.3) is 0 Å². The first-order chi connectivity index (χ1) is 12.5. The summed E-state index contributed by atoms with van der Waals surface area (Å²) >= 11 is 1.43. The van der Waals surface area contributed by atoms with E-state index in [9.17, 15) is 24.3 Å². The first-order valence-electron chi connectivity index (χ1n) is 8.54. The number of nitrogens with two attached hydrogens (primary N) is 1. The van der Waals surface area contributed by atoms with Crippen LogP contribution in [0.1, 0.15) is 27.2 Å². The van der Waals surface area contributed by atoms with Crippen LogP contribution >= 0.6 is 11.8 Å². The SMILES string of the molecule is CSCCC(NC(=O)C(NC(=O)CNC(=O)C(N)C(C)C)C(C)O)C(=O)O. The van der Waals surface area contributed by atoms with Crippen molar-refractivity contribution in [1.82, 2.24) is 16.0 Å². The monoisotopic (exact) mass is 406 g/mol. The molecule has 0 aromatic heterocycles. The van der Waals surface area contributed by atoms with Crippen molar-refractivity contribution in [2.24, 2.45) is 11.7 Å². The third-order valence-corrected chi connectivity index (χ3v) is 4.39. The van der Waals surface area contributed by atoms with E-state index < -0.39 is 54.5 Å². The number of carbonyl (C=O) groups is 4. The molecule has 0 saturated heterocycles. The standard InChI is InChI=1S/C16H30N4O6S/c1-8(2)12(17)14(23)18-7-11(22)20-13(9(3)21)15(24)19-10(16(25)26)5-6-27-4/h8-10,12-13,21H,5-7,17H2,1-4H3,(H,18,23)(H,19,24)(H,20,22)(H,25,26). The second kappa shape index (κ2) is 12.5. The summed E-state index contributed by atoms with van der Waals surface area (Å²) in [4.78, 5) is 47.2. The number of aliphatic carboxylic acids is 1. The van der Waals surface area contributed by atoms with E-state index in [0.29, 0.717) is 5.75 Å². The Kier molecular flexibility index (Phi) is 11.7. The Morgan fingerprint density at radius 3 is 2.11 bits per heavy atom. The van der Waals surface area contributed by atoms with Crippen LogP contribution < -0.4 is 21.7 Å². The minimum Gasteiger partial charge on any atom is -0.480 e. The summed E-state index contributed by atoms with van der Waals surface area (Å²) in [6.07, 6.45) is 0.739. The highest BCUT2D eigenvalue weighted by atomic mass is 32.2. The molecule has 0 aliphatic rings. The Morgan fingerprint density at radius 2 is 1.67 bits per heavy atom. The Bertz CT molecular complexity index is 529. The lowest BCUT2D eigenvalue weighted by molar-refractivity contribution is -0.143. The fraction of sp³-hybridized carbons (Fsp3) is 0.750. The smallest absolute Gasteiger partial charge is 0.326 e. The molecule has 0 heterocycles. The lowest BCUT2D eigenvalue weighted by atomic mass is 10.1. The Morgan fingerprint density at radius 1 is 1.07 bits per heavy atom. The summed E-state index contributed by atoms with van der Waals surface area (Å²) in [5, 5.41) is 25.9. The second-order valence-electron chi connectivity index (χ2n) is 6.45. The number of nitrogens with one attached hydrogen (secondary N) is 3. The molecule has 7 N–H and O–H groups in total. The van der Waals surface area contributed by atoms with E-state index >= 15 is 0 Å². The van der Waals surface area contributed by atoms with Gasteiger partial charge in [-0.1, -0.05) is 13.8 Å². The van der Waals surface area contributed by atoms with Gasteiger partial charge in [0.2, 0.25) is 17.7 Å². The van der Waals surface area contributed by atoms with Crippen molar-refractivity contribution in [2.45, 2.75) is 51.4 Å². The number of carboxylic acid groups (broad SMARTS) is 1. The fourth-order valence-electron chi connectivity index (χ4n) is 1.97. The van der Waals surface area contributed by atoms with Gasteiger partial charge in [-0.3, -0.25) is 14.4 Å². The normalized spacial score (nSPS) is 15.4. The van der Waals surface area contributed by atoms with E-state index in [1.54, 1.807) is 20.1 Å². The molecule has 0 aromatic carbocycles. The van der Waals surface area contributed by atoms with Crippen LogP contribution in [0.3, 0.4) is 0 Å². The maximum atomic E-state index is 12.3. The van der Waals surface area contributed by atoms with E-state index in [1.807, 2.05) is 0 Å². The summed E-state index contributed by atoms with van der Waals surface area (Å²) < 4.78 is 0. The first kappa shape index (κ1) is 25.1. The van der Waals surface area contributed by atoms with Crippen molar-refractivity contribution in [3.05, 3.63) is 0 Å². The predicted molar refractivity (Wildman–Crippen MR) is 102 cm³/mol. The van der Waals surface area contributed by atoms with Gasteiger partial charge in [-0.15, -0.1) is 0 Å². The summed E-state index contributed by atoms with van der Waals surface area (Å²) in [6, 6.07) is -3.27. The van der Waals surface area contributed by atoms with E-state index in [-0.39, 0.29) is 12.3 Å². The van der Waals surface area contributed by atoms with Gasteiger partial charge in [-0.05, 0) is 31.3 Å². The van der Waals surface area contributed by atoms with Gasteiger partial charge in [0.15, 0.2) is 0 Å². The lowest BCUT2D eigenvalue weighted by Gasteiger charge is -2.23. The molecule has 0 aliphatic heterocycles. The number of hydrogen-bond donors (Lipinski definition) is 6. The molecule has 11 heteroatoms. The molecular weight excluding hydrogens is 376 g/mol. The Balaban J connectivity index is 4.78. The van der Waals surface area contributed by atoms with Gasteiger partial charge >= 0.3 is 5.97 Å². The minimum atomic E-state index is -1.36. The van der Waals surface area contributed by atoms with Gasteiger partial charge in [-0.25, -0.2) is 4.79 Å². The third-order valence-electron chi connectivity index (χ3n) is 3.75. The van der Waals surface area contributed by atoms with Gasteiger partial charge in [0.1, 0.15) is 12.1 Å². The molecule has 0 spiro atoms. The van der Waals surface area contributed by atoms with Gasteiger partial charge in [0, 0.05) is 0 Å². The number of carboxylic acids is 1. The largest absolute Gasteiger partial charge is 0.480 e. The van der Waals surface area contributed by atoms with Crippen LogP contribution in [0.4, 0.5) is 0 Å². The summed E-state index contributed by atoms with van der Waals surface area (Å²) in [5.74, 6) is -2.85. The average molecular weight is 407 g/mol. The molecule has 10 nitrogen and oxygen atoms in total. The lowest BCUT2D eigenvalue weighted by Crippen LogP contribution is -2.57. The summed E-state index contributed by atoms with van der Waals surface area (Å²) in [7, 11) is 0. The summed E-state index contributed by atoms with van der Waals surface area (Å²) in [5.41, 5.74) is 5.66. The number of thioether (sulfide) groups is 1. The van der Waals surface area contributed by atoms with Crippen LogP contribution in [0.15, 0.2) is 0 Å². The predicted octanol–water partition coefficient (Wildman–Crippen LogP) is -1.73. The zero-order chi connectivity index (χ0) is 21.1. The molecule has 0 bridgehead atoms. The van der Waals surface area contributed by atoms with Crippen LogP contribution in [-0.4, -0.2) is 76.7 Å². The van der Waals surface area contributed by atoms with Gasteiger partial charge in [0.05, 0.1) is 18.7 Å². The average Bonchev–Trinajstić information content (AvgIpc) is 2.59. The van der Waals surface area contributed by atoms with Crippen molar-refractivity contribution in [1.29, 1.82) is 0 Å². The highest BCUT2D eigenvalue weighted by Gasteiger charge is 2.29. The molecule has 0 rings (SSSR count). The molecular formula is C16H30N4O6S. The van der Waals surface area contributed by atoms with Crippen molar-refractivity contribution < 1.29 is 29.4 Å². The number of aliphatic hydroxyl groups is 1. The molecule has 0 aliphatic carbocycles. The number of amides is 3. The van der Waals surface area contributed by atoms with Gasteiger partial charge < -0.3 is 31.9 Å². The van der Waals surface area contributed by atoms with E-state index in [1.165, 1.54) is 18.7 Å². The molecule has 0 saturated carbocycles. The molecule has 27 heavy (non-hydrogen) atoms.